The molecule has 0 aliphatic heterocycles. The average molecular weight is 225 g/mol. The summed E-state index contributed by atoms with van der Waals surface area (Å²) in [6.45, 7) is 0. The van der Waals surface area contributed by atoms with E-state index in [4.69, 9.17) is 0 Å². The Labute approximate surface area is 101 Å². The van der Waals surface area contributed by atoms with Crippen molar-refractivity contribution in [2.75, 3.05) is 0 Å². The molecular formula is C15H13O2. The molecule has 0 aliphatic carbocycles. The van der Waals surface area contributed by atoms with Crippen molar-refractivity contribution in [2.24, 2.45) is 0 Å². The van der Waals surface area contributed by atoms with E-state index in [2.05, 4.69) is 0 Å². The fourth-order valence-corrected chi connectivity index (χ4v) is 1.71. The molecule has 1 atom stereocenters. The molecule has 2 rings (SSSR count). The number of hydrogen-bond donors (Lipinski definition) is 0. The molecule has 2 heteroatoms. The molecular weight excluding hydrogens is 212 g/mol. The molecule has 85 valence electrons. The van der Waals surface area contributed by atoms with Crippen molar-refractivity contribution >= 4 is 5.78 Å². The molecule has 0 heterocycles. The highest BCUT2D eigenvalue weighted by molar-refractivity contribution is 5.99. The molecule has 2 nitrogen and oxygen atoms in total. The lowest BCUT2D eigenvalue weighted by Gasteiger charge is -2.07. The van der Waals surface area contributed by atoms with Gasteiger partial charge in [0.25, 0.3) is 0 Å². The average Bonchev–Trinajstić information content (AvgIpc) is 2.40. The van der Waals surface area contributed by atoms with Gasteiger partial charge in [0.1, 0.15) is 0 Å². The fraction of sp³-hybridized carbons (Fsp3) is 0.133. The maximum Gasteiger partial charge on any atom is 0.195 e. The Morgan fingerprint density at radius 2 is 1.41 bits per heavy atom. The number of rotatable bonds is 4. The van der Waals surface area contributed by atoms with Crippen molar-refractivity contribution in [3.05, 3.63) is 71.8 Å². The number of carbonyl (C=O) groups is 1. The Morgan fingerprint density at radius 3 is 2.00 bits per heavy atom. The summed E-state index contributed by atoms with van der Waals surface area (Å²) in [5.74, 6) is -0.338. The molecule has 0 bridgehead atoms. The number of carbonyl (C=O) groups excluding carboxylic acids is 1. The summed E-state index contributed by atoms with van der Waals surface area (Å²) in [4.78, 5) is 11.8. The Hall–Kier alpha value is -1.93. The van der Waals surface area contributed by atoms with E-state index in [1.54, 1.807) is 24.3 Å². The van der Waals surface area contributed by atoms with Gasteiger partial charge >= 0.3 is 0 Å². The predicted octanol–water partition coefficient (Wildman–Crippen LogP) is 2.91. The standard InChI is InChI=1S/C15H13O2/c16-14(11-12-7-3-1-4-8-12)15(17)13-9-5-2-6-10-13/h1-10,14H,11H2. The van der Waals surface area contributed by atoms with Crippen molar-refractivity contribution in [3.8, 4) is 0 Å². The van der Waals surface area contributed by atoms with Gasteiger partial charge < -0.3 is 0 Å². The van der Waals surface area contributed by atoms with Gasteiger partial charge in [-0.25, -0.2) is 5.11 Å². The molecule has 17 heavy (non-hydrogen) atoms. The minimum absolute atomic E-state index is 0.245. The molecule has 0 spiro atoms. The van der Waals surface area contributed by atoms with Crippen LogP contribution in [0.25, 0.3) is 0 Å². The van der Waals surface area contributed by atoms with Crippen LogP contribution in [0.15, 0.2) is 60.7 Å². The monoisotopic (exact) mass is 225 g/mol. The van der Waals surface area contributed by atoms with E-state index in [9.17, 15) is 9.90 Å². The summed E-state index contributed by atoms with van der Waals surface area (Å²) in [5, 5.41) is 11.8. The van der Waals surface area contributed by atoms with Crippen molar-refractivity contribution in [1.29, 1.82) is 0 Å². The second kappa shape index (κ2) is 5.41. The first-order chi connectivity index (χ1) is 8.27. The lowest BCUT2D eigenvalue weighted by atomic mass is 10.0. The molecule has 0 saturated carbocycles. The van der Waals surface area contributed by atoms with Gasteiger partial charge in [-0.05, 0) is 5.56 Å². The van der Waals surface area contributed by atoms with E-state index >= 15 is 0 Å². The maximum atomic E-state index is 11.8. The van der Waals surface area contributed by atoms with Gasteiger partial charge in [0.15, 0.2) is 11.9 Å². The molecule has 0 amide bonds. The Balaban J connectivity index is 2.06. The van der Waals surface area contributed by atoms with Crippen molar-refractivity contribution in [1.82, 2.24) is 0 Å². The maximum absolute atomic E-state index is 11.8. The summed E-state index contributed by atoms with van der Waals surface area (Å²) in [6.07, 6.45) is -0.978. The van der Waals surface area contributed by atoms with Gasteiger partial charge in [-0.3, -0.25) is 4.79 Å². The molecule has 2 aromatic rings. The van der Waals surface area contributed by atoms with Crippen LogP contribution in [0.5, 0.6) is 0 Å². The second-order valence-electron chi connectivity index (χ2n) is 3.91. The van der Waals surface area contributed by atoms with Crippen molar-refractivity contribution in [2.45, 2.75) is 12.5 Å². The van der Waals surface area contributed by atoms with E-state index in [1.807, 2.05) is 36.4 Å². The van der Waals surface area contributed by atoms with Crippen molar-refractivity contribution < 1.29 is 9.90 Å². The van der Waals surface area contributed by atoms with E-state index in [0.717, 1.165) is 5.56 Å². The zero-order chi connectivity index (χ0) is 12.1. The van der Waals surface area contributed by atoms with Crippen LogP contribution in [0.2, 0.25) is 0 Å². The third-order valence-corrected chi connectivity index (χ3v) is 2.61. The minimum Gasteiger partial charge on any atom is -0.291 e. The smallest absolute Gasteiger partial charge is 0.195 e. The summed E-state index contributed by atoms with van der Waals surface area (Å²) < 4.78 is 0. The van der Waals surface area contributed by atoms with Crippen LogP contribution in [0.4, 0.5) is 0 Å². The molecule has 2 aromatic carbocycles. The largest absolute Gasteiger partial charge is 0.291 e. The van der Waals surface area contributed by atoms with E-state index in [0.29, 0.717) is 5.56 Å². The van der Waals surface area contributed by atoms with Crippen LogP contribution in [-0.4, -0.2) is 11.9 Å². The Kier molecular flexibility index (Phi) is 3.68. The first kappa shape index (κ1) is 11.6. The highest BCUT2D eigenvalue weighted by Crippen LogP contribution is 2.09. The van der Waals surface area contributed by atoms with E-state index < -0.39 is 6.10 Å². The molecule has 0 aromatic heterocycles. The first-order valence-electron chi connectivity index (χ1n) is 5.56. The fourth-order valence-electron chi connectivity index (χ4n) is 1.71. The number of hydrogen-bond acceptors (Lipinski definition) is 1. The lowest BCUT2D eigenvalue weighted by Crippen LogP contribution is -2.21. The third kappa shape index (κ3) is 3.02. The van der Waals surface area contributed by atoms with Gasteiger partial charge in [0.2, 0.25) is 0 Å². The van der Waals surface area contributed by atoms with Gasteiger partial charge in [-0.2, -0.15) is 0 Å². The molecule has 1 radical (unpaired) electrons. The van der Waals surface area contributed by atoms with Crippen LogP contribution >= 0.6 is 0 Å². The first-order valence-corrected chi connectivity index (χ1v) is 5.56. The predicted molar refractivity (Wildman–Crippen MR) is 65.4 cm³/mol. The van der Waals surface area contributed by atoms with Gasteiger partial charge in [-0.1, -0.05) is 60.7 Å². The zero-order valence-corrected chi connectivity index (χ0v) is 9.37. The molecule has 0 N–H and O–H groups in total. The van der Waals surface area contributed by atoms with Gasteiger partial charge in [0.05, 0.1) is 0 Å². The molecule has 0 fully saturated rings. The van der Waals surface area contributed by atoms with Gasteiger partial charge in [-0.15, -0.1) is 0 Å². The Morgan fingerprint density at radius 1 is 0.882 bits per heavy atom. The van der Waals surface area contributed by atoms with E-state index in [-0.39, 0.29) is 12.2 Å². The summed E-state index contributed by atoms with van der Waals surface area (Å²) in [5.41, 5.74) is 1.39. The van der Waals surface area contributed by atoms with Crippen LogP contribution in [0.3, 0.4) is 0 Å². The van der Waals surface area contributed by atoms with Crippen LogP contribution in [-0.2, 0) is 11.5 Å². The normalized spacial score (nSPS) is 12.1. The van der Waals surface area contributed by atoms with Crippen molar-refractivity contribution in [3.63, 3.8) is 0 Å². The highest BCUT2D eigenvalue weighted by atomic mass is 16.3. The van der Waals surface area contributed by atoms with Crippen LogP contribution in [0.1, 0.15) is 15.9 Å². The SMILES string of the molecule is [O]C(Cc1ccccc1)C(=O)c1ccccc1. The highest BCUT2D eigenvalue weighted by Gasteiger charge is 2.18. The summed E-state index contributed by atoms with van der Waals surface area (Å²) >= 11 is 0. The number of Topliss-reactive ketones (excluding diaryl/α,β-unsaturated/α-hetero) is 1. The number of benzene rings is 2. The zero-order valence-electron chi connectivity index (χ0n) is 9.37. The molecule has 0 aliphatic rings. The van der Waals surface area contributed by atoms with Crippen LogP contribution < -0.4 is 0 Å². The molecule has 0 saturated heterocycles. The third-order valence-electron chi connectivity index (χ3n) is 2.61. The number of ketones is 1. The topological polar surface area (TPSA) is 37.0 Å². The lowest BCUT2D eigenvalue weighted by molar-refractivity contribution is 0.0548. The summed E-state index contributed by atoms with van der Waals surface area (Å²) in [6, 6.07) is 18.1. The van der Waals surface area contributed by atoms with Gasteiger partial charge in [0, 0.05) is 12.0 Å². The van der Waals surface area contributed by atoms with Crippen LogP contribution in [0, 0.1) is 0 Å². The second-order valence-corrected chi connectivity index (χ2v) is 3.91. The Bertz CT molecular complexity index is 477. The minimum atomic E-state index is -1.22. The quantitative estimate of drug-likeness (QED) is 0.737. The van der Waals surface area contributed by atoms with E-state index in [1.165, 1.54) is 0 Å². The summed E-state index contributed by atoms with van der Waals surface area (Å²) in [7, 11) is 0. The molecule has 1 unspecified atom stereocenters.